The summed E-state index contributed by atoms with van der Waals surface area (Å²) < 4.78 is 40.5. The molecule has 2 unspecified atom stereocenters. The molecule has 0 bridgehead atoms. The number of allylic oxidation sites excluding steroid dienone is 2. The number of nitrogens with one attached hydrogen (secondary N) is 1. The Bertz CT molecular complexity index is 1570. The summed E-state index contributed by atoms with van der Waals surface area (Å²) in [6.07, 6.45) is 5.17. The second-order valence-corrected chi connectivity index (χ2v) is 12.9. The molecule has 3 aromatic rings. The Labute approximate surface area is 242 Å². The molecule has 8 heteroatoms. The fourth-order valence-electron chi connectivity index (χ4n) is 5.31. The van der Waals surface area contributed by atoms with Gasteiger partial charge in [-0.3, -0.25) is 4.90 Å². The van der Waals surface area contributed by atoms with Crippen molar-refractivity contribution in [3.8, 4) is 16.9 Å². The fourth-order valence-corrected chi connectivity index (χ4v) is 7.09. The van der Waals surface area contributed by atoms with Crippen molar-refractivity contribution in [3.05, 3.63) is 94.5 Å². The molecule has 2 aliphatic rings. The molecule has 5 rings (SSSR count). The van der Waals surface area contributed by atoms with Gasteiger partial charge >= 0.3 is 0 Å². The number of thioether (sulfide) groups is 1. The average Bonchev–Trinajstić information content (AvgIpc) is 3.44. The molecule has 2 heterocycles. The number of fused-ring (bicyclic) bond motifs is 2. The van der Waals surface area contributed by atoms with Crippen molar-refractivity contribution in [2.45, 2.75) is 51.7 Å². The van der Waals surface area contributed by atoms with Gasteiger partial charge in [0.15, 0.2) is 11.4 Å². The van der Waals surface area contributed by atoms with Crippen LogP contribution in [-0.4, -0.2) is 38.0 Å². The van der Waals surface area contributed by atoms with Crippen LogP contribution in [0.3, 0.4) is 0 Å². The van der Waals surface area contributed by atoms with Gasteiger partial charge < -0.3 is 14.2 Å². The number of quaternary nitrogens is 1. The van der Waals surface area contributed by atoms with Crippen LogP contribution in [0.2, 0.25) is 0 Å². The Balaban J connectivity index is 1.47. The quantitative estimate of drug-likeness (QED) is 0.318. The standard InChI is InChI=1S/C32H36N2O4S2/c1-5-24(20-32-33(6-2)28-17-22(3)23(4)18-30(28)39-32)19-31-34(15-10-16-40(35,36)37)27-21-26(13-14-29(27)38-31)25-11-8-7-9-12-25/h7-9,11-14,17-21,31H,5-6,10,15-16H2,1-4H3,(H,35,36,37). The van der Waals surface area contributed by atoms with Crippen molar-refractivity contribution >= 4 is 33.3 Å². The van der Waals surface area contributed by atoms with Crippen LogP contribution in [0.15, 0.2) is 88.3 Å². The molecule has 0 saturated carbocycles. The summed E-state index contributed by atoms with van der Waals surface area (Å²) in [5.41, 5.74) is 8.14. The van der Waals surface area contributed by atoms with Gasteiger partial charge in [-0.25, -0.2) is 8.42 Å². The van der Waals surface area contributed by atoms with Crippen LogP contribution in [-0.2, 0) is 10.1 Å². The van der Waals surface area contributed by atoms with Crippen LogP contribution < -0.4 is 14.5 Å². The van der Waals surface area contributed by atoms with E-state index in [1.807, 2.05) is 24.3 Å². The van der Waals surface area contributed by atoms with Gasteiger partial charge in [-0.15, -0.1) is 0 Å². The molecule has 0 amide bonds. The Morgan fingerprint density at radius 2 is 1.80 bits per heavy atom. The van der Waals surface area contributed by atoms with Crippen LogP contribution in [0.4, 0.5) is 11.4 Å². The van der Waals surface area contributed by atoms with E-state index in [9.17, 15) is 13.0 Å². The summed E-state index contributed by atoms with van der Waals surface area (Å²) >= 11 is 1.79. The first-order chi connectivity index (χ1) is 19.2. The summed E-state index contributed by atoms with van der Waals surface area (Å²) in [5.74, 6) is 0.401. The van der Waals surface area contributed by atoms with Gasteiger partial charge in [0.25, 0.3) is 6.23 Å². The molecule has 2 aliphatic heterocycles. The number of hydrogen-bond acceptors (Lipinski definition) is 6. The number of aryl methyl sites for hydroxylation is 2. The lowest BCUT2D eigenvalue weighted by Crippen LogP contribution is -3.10. The highest BCUT2D eigenvalue weighted by molar-refractivity contribution is 8.03. The largest absolute Gasteiger partial charge is 0.748 e. The third-order valence-electron chi connectivity index (χ3n) is 7.62. The lowest BCUT2D eigenvalue weighted by atomic mass is 10.0. The van der Waals surface area contributed by atoms with Gasteiger partial charge in [0.05, 0.1) is 27.4 Å². The molecule has 0 saturated heterocycles. The highest BCUT2D eigenvalue weighted by atomic mass is 32.2. The summed E-state index contributed by atoms with van der Waals surface area (Å²) in [6.45, 7) is 9.96. The van der Waals surface area contributed by atoms with Gasteiger partial charge in [-0.2, -0.15) is 0 Å². The van der Waals surface area contributed by atoms with E-state index >= 15 is 0 Å². The number of rotatable bonds is 9. The second-order valence-electron chi connectivity index (χ2n) is 10.3. The van der Waals surface area contributed by atoms with Gasteiger partial charge in [0, 0.05) is 35.8 Å². The molecule has 2 atom stereocenters. The van der Waals surface area contributed by atoms with E-state index in [0.29, 0.717) is 6.54 Å². The highest BCUT2D eigenvalue weighted by Gasteiger charge is 2.35. The zero-order valence-corrected chi connectivity index (χ0v) is 25.1. The fraction of sp³-hybridized carbons (Fsp3) is 0.312. The van der Waals surface area contributed by atoms with Gasteiger partial charge in [0.2, 0.25) is 0 Å². The minimum atomic E-state index is -4.28. The van der Waals surface area contributed by atoms with E-state index in [-0.39, 0.29) is 18.4 Å². The SMILES string of the molecule is CCC(=CC1Oc2ccc(-c3ccccc3)cc2[NH+]1CCCS(=O)(=O)[O-])C=C1Sc2cc(C)c(C)cc2N1CC. The third-order valence-corrected chi connectivity index (χ3v) is 9.50. The lowest BCUT2D eigenvalue weighted by Gasteiger charge is -2.20. The van der Waals surface area contributed by atoms with Crippen molar-refractivity contribution in [1.82, 2.24) is 0 Å². The Morgan fingerprint density at radius 1 is 1.05 bits per heavy atom. The van der Waals surface area contributed by atoms with E-state index in [0.717, 1.165) is 46.0 Å². The molecule has 3 aromatic carbocycles. The maximum absolute atomic E-state index is 11.4. The predicted octanol–water partition coefficient (Wildman–Crippen LogP) is 5.95. The summed E-state index contributed by atoms with van der Waals surface area (Å²) in [5, 5.41) is 1.19. The molecule has 0 spiro atoms. The molecule has 0 radical (unpaired) electrons. The minimum Gasteiger partial charge on any atom is -0.748 e. The highest BCUT2D eigenvalue weighted by Crippen LogP contribution is 2.47. The van der Waals surface area contributed by atoms with Gasteiger partial charge in [-0.1, -0.05) is 55.1 Å². The topological polar surface area (TPSA) is 74.1 Å². The number of hydrogen-bond donors (Lipinski definition) is 1. The zero-order chi connectivity index (χ0) is 28.4. The maximum atomic E-state index is 11.4. The Morgan fingerprint density at radius 3 is 2.50 bits per heavy atom. The van der Waals surface area contributed by atoms with Crippen molar-refractivity contribution in [2.75, 3.05) is 23.7 Å². The Kier molecular flexibility index (Phi) is 8.42. The molecule has 40 heavy (non-hydrogen) atoms. The van der Waals surface area contributed by atoms with E-state index in [2.05, 4.69) is 81.1 Å². The molecule has 0 aliphatic carbocycles. The van der Waals surface area contributed by atoms with Gasteiger partial charge in [0.1, 0.15) is 0 Å². The van der Waals surface area contributed by atoms with Crippen LogP contribution >= 0.6 is 11.8 Å². The van der Waals surface area contributed by atoms with E-state index in [1.165, 1.54) is 26.7 Å². The van der Waals surface area contributed by atoms with E-state index < -0.39 is 10.1 Å². The smallest absolute Gasteiger partial charge is 0.257 e. The van der Waals surface area contributed by atoms with Crippen molar-refractivity contribution in [3.63, 3.8) is 0 Å². The number of anilines is 1. The third kappa shape index (κ3) is 6.15. The van der Waals surface area contributed by atoms with Crippen LogP contribution in [0.1, 0.15) is 37.8 Å². The number of ether oxygens (including phenoxy) is 1. The van der Waals surface area contributed by atoms with Crippen molar-refractivity contribution in [2.24, 2.45) is 0 Å². The van der Waals surface area contributed by atoms with Gasteiger partial charge in [-0.05, 0) is 79.3 Å². The minimum absolute atomic E-state index is 0.264. The van der Waals surface area contributed by atoms with Crippen molar-refractivity contribution in [1.29, 1.82) is 0 Å². The molecule has 210 valence electrons. The number of benzene rings is 3. The van der Waals surface area contributed by atoms with Crippen LogP contribution in [0.25, 0.3) is 11.1 Å². The first-order valence-corrected chi connectivity index (χ1v) is 16.2. The molecular formula is C32H36N2O4S2. The normalized spacial score (nSPS) is 19.6. The molecular weight excluding hydrogens is 540 g/mol. The van der Waals surface area contributed by atoms with Crippen LogP contribution in [0.5, 0.6) is 5.75 Å². The summed E-state index contributed by atoms with van der Waals surface area (Å²) in [7, 11) is -4.28. The molecule has 6 nitrogen and oxygen atoms in total. The second kappa shape index (κ2) is 11.8. The van der Waals surface area contributed by atoms with Crippen LogP contribution in [0, 0.1) is 13.8 Å². The molecule has 1 N–H and O–H groups in total. The summed E-state index contributed by atoms with van der Waals surface area (Å²) in [4.78, 5) is 4.65. The summed E-state index contributed by atoms with van der Waals surface area (Å²) in [6, 6.07) is 20.9. The van der Waals surface area contributed by atoms with E-state index in [1.54, 1.807) is 11.8 Å². The van der Waals surface area contributed by atoms with Crippen molar-refractivity contribution < 1.29 is 22.6 Å². The maximum Gasteiger partial charge on any atom is 0.257 e. The first kappa shape index (κ1) is 28.5. The first-order valence-electron chi connectivity index (χ1n) is 13.8. The Hall–Kier alpha value is -3.04. The average molecular weight is 577 g/mol. The monoisotopic (exact) mass is 576 g/mol. The molecule has 0 aromatic heterocycles. The zero-order valence-electron chi connectivity index (χ0n) is 23.4. The number of nitrogens with zero attached hydrogens (tertiary/aromatic N) is 1. The molecule has 0 fully saturated rings. The van der Waals surface area contributed by atoms with E-state index in [4.69, 9.17) is 4.74 Å². The lowest BCUT2D eigenvalue weighted by molar-refractivity contribution is -0.862. The predicted molar refractivity (Wildman–Crippen MR) is 162 cm³/mol.